The van der Waals surface area contributed by atoms with Crippen LogP contribution in [0.15, 0.2) is 73.6 Å². The van der Waals surface area contributed by atoms with Crippen LogP contribution in [0, 0.1) is 0 Å². The first-order valence-electron chi connectivity index (χ1n) is 12.5. The van der Waals surface area contributed by atoms with Crippen LogP contribution in [-0.2, 0) is 9.59 Å². The third-order valence-electron chi connectivity index (χ3n) is 7.21. The second-order valence-electron chi connectivity index (χ2n) is 9.97. The molecule has 1 fully saturated rings. The van der Waals surface area contributed by atoms with Crippen LogP contribution in [0.4, 0.5) is 11.5 Å². The molecule has 1 aliphatic rings. The smallest absolute Gasteiger partial charge is 0.252 e. The van der Waals surface area contributed by atoms with Crippen LogP contribution in [0.5, 0.6) is 0 Å². The van der Waals surface area contributed by atoms with E-state index in [1.807, 2.05) is 48.7 Å². The maximum absolute atomic E-state index is 13.5. The molecule has 0 spiro atoms. The van der Waals surface area contributed by atoms with Crippen molar-refractivity contribution in [3.63, 3.8) is 0 Å². The summed E-state index contributed by atoms with van der Waals surface area (Å²) >= 11 is 0. The zero-order chi connectivity index (χ0) is 27.3. The minimum absolute atomic E-state index is 0.113. The number of anilines is 2. The van der Waals surface area contributed by atoms with E-state index in [1.165, 1.54) is 13.3 Å². The van der Waals surface area contributed by atoms with Crippen LogP contribution >= 0.6 is 0 Å². The average molecular weight is 522 g/mol. The van der Waals surface area contributed by atoms with Crippen molar-refractivity contribution in [2.75, 3.05) is 23.7 Å². The quantitative estimate of drug-likeness (QED) is 0.385. The maximum atomic E-state index is 13.5. The van der Waals surface area contributed by atoms with Gasteiger partial charge in [-0.1, -0.05) is 12.1 Å². The van der Waals surface area contributed by atoms with Gasteiger partial charge in [0.05, 0.1) is 23.8 Å². The summed E-state index contributed by atoms with van der Waals surface area (Å²) in [6.07, 6.45) is 8.55. The molecule has 11 nitrogen and oxygen atoms in total. The Hall–Kier alpha value is -5.06. The molecule has 1 aliphatic heterocycles. The second-order valence-corrected chi connectivity index (χ2v) is 9.97. The molecule has 5 heterocycles. The highest BCUT2D eigenvalue weighted by molar-refractivity contribution is 6.03. The number of nitrogens with zero attached hydrogens (tertiary/aromatic N) is 8. The lowest BCUT2D eigenvalue weighted by atomic mass is 9.96. The molecule has 39 heavy (non-hydrogen) atoms. The molecule has 2 amide bonds. The fraction of sp³-hybridized carbons (Fsp3) is 0.214. The molecule has 0 atom stereocenters. The van der Waals surface area contributed by atoms with Crippen molar-refractivity contribution in [2.24, 2.45) is 0 Å². The van der Waals surface area contributed by atoms with Crippen molar-refractivity contribution in [3.05, 3.63) is 73.6 Å². The van der Waals surface area contributed by atoms with Gasteiger partial charge in [0.1, 0.15) is 17.4 Å². The van der Waals surface area contributed by atoms with Crippen molar-refractivity contribution in [1.29, 1.82) is 0 Å². The van der Waals surface area contributed by atoms with Crippen LogP contribution < -0.4 is 10.6 Å². The van der Waals surface area contributed by atoms with Gasteiger partial charge in [0.25, 0.3) is 5.91 Å². The molecule has 0 saturated carbocycles. The second kappa shape index (κ2) is 9.05. The number of hydrogen-bond acceptors (Lipinski definition) is 7. The van der Waals surface area contributed by atoms with E-state index in [0.717, 1.165) is 33.8 Å². The highest BCUT2D eigenvalue weighted by atomic mass is 16.2. The molecule has 0 bridgehead atoms. The minimum Gasteiger partial charge on any atom is -0.382 e. The standard InChI is InChI=1S/C28H27N9O2/c1-18(38)35-11-10-34(27(39)28(35,2)3)21-7-4-6-19(12-21)24-13-23(25-26(29)31-17-33-37(24)25)20-14-32-36(16-20)22-8-5-9-30-15-22/h4-9,12-17H,10-11H2,1-3H3,(H2,29,31,33). The molecule has 6 rings (SSSR count). The number of piperazine rings is 1. The van der Waals surface area contributed by atoms with E-state index in [-0.39, 0.29) is 11.8 Å². The molecule has 0 radical (unpaired) electrons. The van der Waals surface area contributed by atoms with Gasteiger partial charge >= 0.3 is 0 Å². The predicted molar refractivity (Wildman–Crippen MR) is 147 cm³/mol. The lowest BCUT2D eigenvalue weighted by molar-refractivity contribution is -0.145. The van der Waals surface area contributed by atoms with E-state index in [4.69, 9.17) is 5.73 Å². The fourth-order valence-electron chi connectivity index (χ4n) is 5.24. The molecule has 196 valence electrons. The summed E-state index contributed by atoms with van der Waals surface area (Å²) in [5, 5.41) is 9.01. The molecule has 2 N–H and O–H groups in total. The predicted octanol–water partition coefficient (Wildman–Crippen LogP) is 3.20. The number of fused-ring (bicyclic) bond motifs is 1. The Morgan fingerprint density at radius 3 is 2.59 bits per heavy atom. The van der Waals surface area contributed by atoms with Crippen molar-refractivity contribution in [2.45, 2.75) is 26.3 Å². The topological polar surface area (TPSA) is 128 Å². The van der Waals surface area contributed by atoms with Gasteiger partial charge in [0, 0.05) is 54.8 Å². The Kier molecular flexibility index (Phi) is 5.63. The van der Waals surface area contributed by atoms with Gasteiger partial charge in [-0.25, -0.2) is 14.2 Å². The van der Waals surface area contributed by atoms with E-state index in [1.54, 1.807) is 51.4 Å². The first kappa shape index (κ1) is 24.3. The lowest BCUT2D eigenvalue weighted by Crippen LogP contribution is -2.64. The van der Waals surface area contributed by atoms with E-state index < -0.39 is 5.54 Å². The summed E-state index contributed by atoms with van der Waals surface area (Å²) in [7, 11) is 0. The average Bonchev–Trinajstić information content (AvgIpc) is 3.57. The molecular formula is C28H27N9O2. The van der Waals surface area contributed by atoms with Gasteiger partial charge in [-0.05, 0) is 44.2 Å². The third-order valence-corrected chi connectivity index (χ3v) is 7.21. The maximum Gasteiger partial charge on any atom is 0.252 e. The SMILES string of the molecule is CC(=O)N1CCN(c2cccc(-c3cc(-c4cnn(-c5cccnc5)c4)c4c(N)ncnn34)c2)C(=O)C1(C)C. The van der Waals surface area contributed by atoms with E-state index in [2.05, 4.69) is 20.2 Å². The first-order chi connectivity index (χ1) is 18.8. The Labute approximate surface area is 224 Å². The number of rotatable bonds is 4. The fourth-order valence-corrected chi connectivity index (χ4v) is 5.24. The van der Waals surface area contributed by atoms with Gasteiger partial charge in [0.2, 0.25) is 5.91 Å². The van der Waals surface area contributed by atoms with Crippen LogP contribution in [0.3, 0.4) is 0 Å². The van der Waals surface area contributed by atoms with Crippen LogP contribution in [0.1, 0.15) is 20.8 Å². The van der Waals surface area contributed by atoms with Crippen LogP contribution in [0.25, 0.3) is 33.6 Å². The Bertz CT molecular complexity index is 1720. The van der Waals surface area contributed by atoms with E-state index >= 15 is 0 Å². The number of nitrogens with two attached hydrogens (primary N) is 1. The number of pyridine rings is 1. The van der Waals surface area contributed by atoms with Crippen molar-refractivity contribution < 1.29 is 9.59 Å². The molecule has 1 saturated heterocycles. The van der Waals surface area contributed by atoms with Crippen molar-refractivity contribution in [3.8, 4) is 28.1 Å². The van der Waals surface area contributed by atoms with Gasteiger partial charge in [-0.3, -0.25) is 14.6 Å². The number of benzene rings is 1. The molecule has 0 unspecified atom stereocenters. The summed E-state index contributed by atoms with van der Waals surface area (Å²) in [6, 6.07) is 13.5. The zero-order valence-corrected chi connectivity index (χ0v) is 21.8. The van der Waals surface area contributed by atoms with Crippen molar-refractivity contribution in [1.82, 2.24) is 34.3 Å². The number of amides is 2. The number of carbonyl (C=O) groups excluding carboxylic acids is 2. The molecule has 11 heteroatoms. The molecule has 1 aromatic carbocycles. The van der Waals surface area contributed by atoms with E-state index in [0.29, 0.717) is 24.4 Å². The molecule has 4 aromatic heterocycles. The zero-order valence-electron chi connectivity index (χ0n) is 21.8. The van der Waals surface area contributed by atoms with E-state index in [9.17, 15) is 9.59 Å². The summed E-state index contributed by atoms with van der Waals surface area (Å²) in [5.41, 5.74) is 11.0. The number of carbonyl (C=O) groups is 2. The Balaban J connectivity index is 1.42. The first-order valence-corrected chi connectivity index (χ1v) is 12.5. The number of hydrogen-bond donors (Lipinski definition) is 1. The van der Waals surface area contributed by atoms with Crippen LogP contribution in [-0.4, -0.2) is 64.7 Å². The van der Waals surface area contributed by atoms with Gasteiger partial charge < -0.3 is 15.5 Å². The highest BCUT2D eigenvalue weighted by Crippen LogP contribution is 2.36. The normalized spacial score (nSPS) is 15.2. The minimum atomic E-state index is -0.939. The Morgan fingerprint density at radius 1 is 1.00 bits per heavy atom. The van der Waals surface area contributed by atoms with Gasteiger partial charge in [-0.15, -0.1) is 0 Å². The number of nitrogen functional groups attached to an aromatic ring is 1. The molecule has 5 aromatic rings. The largest absolute Gasteiger partial charge is 0.382 e. The highest BCUT2D eigenvalue weighted by Gasteiger charge is 2.43. The van der Waals surface area contributed by atoms with Crippen molar-refractivity contribution >= 4 is 28.8 Å². The van der Waals surface area contributed by atoms with Crippen LogP contribution in [0.2, 0.25) is 0 Å². The summed E-state index contributed by atoms with van der Waals surface area (Å²) in [4.78, 5) is 37.3. The number of aromatic nitrogens is 6. The lowest BCUT2D eigenvalue weighted by Gasteiger charge is -2.45. The summed E-state index contributed by atoms with van der Waals surface area (Å²) in [5.74, 6) is 0.100. The summed E-state index contributed by atoms with van der Waals surface area (Å²) < 4.78 is 3.51. The van der Waals surface area contributed by atoms with Gasteiger partial charge in [-0.2, -0.15) is 10.2 Å². The molecular weight excluding hydrogens is 494 g/mol. The van der Waals surface area contributed by atoms with Gasteiger partial charge in [0.15, 0.2) is 5.82 Å². The third kappa shape index (κ3) is 3.99. The Morgan fingerprint density at radius 2 is 1.82 bits per heavy atom. The monoisotopic (exact) mass is 521 g/mol. The summed E-state index contributed by atoms with van der Waals surface area (Å²) in [6.45, 7) is 5.93. The molecule has 0 aliphatic carbocycles.